The van der Waals surface area contributed by atoms with Crippen molar-refractivity contribution in [2.75, 3.05) is 13.7 Å². The summed E-state index contributed by atoms with van der Waals surface area (Å²) in [6.07, 6.45) is 1.30. The number of fused-ring (bicyclic) bond motifs is 1. The molecule has 0 spiro atoms. The lowest BCUT2D eigenvalue weighted by Gasteiger charge is -2.07. The maximum Gasteiger partial charge on any atom is 0.418 e. The monoisotopic (exact) mass is 219 g/mol. The molecule has 16 heavy (non-hydrogen) atoms. The van der Waals surface area contributed by atoms with E-state index in [2.05, 4.69) is 0 Å². The first-order chi connectivity index (χ1) is 7.77. The Morgan fingerprint density at radius 3 is 2.88 bits per heavy atom. The zero-order valence-corrected chi connectivity index (χ0v) is 9.27. The summed E-state index contributed by atoms with van der Waals surface area (Å²) < 4.78 is 11.6. The molecule has 0 N–H and O–H groups in total. The predicted octanol–water partition coefficient (Wildman–Crippen LogP) is 2.65. The molecule has 0 unspecified atom stereocenters. The standard InChI is InChI=1S/C12H13NO3/c1-3-16-12(14)13-8-7-9-5-4-6-10(15-2)11(9)13/h4-8H,3H2,1-2H3. The maximum absolute atomic E-state index is 11.7. The van der Waals surface area contributed by atoms with Gasteiger partial charge in [-0.2, -0.15) is 0 Å². The summed E-state index contributed by atoms with van der Waals surface area (Å²) in [5.74, 6) is 0.663. The maximum atomic E-state index is 11.7. The first-order valence-electron chi connectivity index (χ1n) is 5.09. The molecule has 0 radical (unpaired) electrons. The summed E-state index contributed by atoms with van der Waals surface area (Å²) >= 11 is 0. The lowest BCUT2D eigenvalue weighted by molar-refractivity contribution is 0.155. The van der Waals surface area contributed by atoms with Gasteiger partial charge in [-0.05, 0) is 19.1 Å². The van der Waals surface area contributed by atoms with Crippen LogP contribution in [0.15, 0.2) is 30.5 Å². The molecule has 0 amide bonds. The summed E-state index contributed by atoms with van der Waals surface area (Å²) in [6, 6.07) is 7.48. The molecule has 1 aromatic carbocycles. The van der Waals surface area contributed by atoms with Crippen LogP contribution in [0.5, 0.6) is 5.75 Å². The molecule has 0 aliphatic carbocycles. The molecule has 0 bridgehead atoms. The molecular weight excluding hydrogens is 206 g/mol. The van der Waals surface area contributed by atoms with Crippen molar-refractivity contribution in [2.24, 2.45) is 0 Å². The number of aromatic nitrogens is 1. The van der Waals surface area contributed by atoms with E-state index < -0.39 is 0 Å². The number of ether oxygens (including phenoxy) is 2. The molecular formula is C12H13NO3. The minimum absolute atomic E-state index is 0.355. The lowest BCUT2D eigenvalue weighted by atomic mass is 10.2. The molecule has 0 aliphatic rings. The number of methoxy groups -OCH3 is 1. The molecule has 0 fully saturated rings. The summed E-state index contributed by atoms with van der Waals surface area (Å²) in [5.41, 5.74) is 0.739. The quantitative estimate of drug-likeness (QED) is 0.779. The van der Waals surface area contributed by atoms with Gasteiger partial charge in [-0.15, -0.1) is 0 Å². The number of hydrogen-bond donors (Lipinski definition) is 0. The second kappa shape index (κ2) is 4.26. The third-order valence-corrected chi connectivity index (χ3v) is 2.36. The van der Waals surface area contributed by atoms with E-state index in [1.807, 2.05) is 24.3 Å². The van der Waals surface area contributed by atoms with Crippen molar-refractivity contribution >= 4 is 17.0 Å². The average molecular weight is 219 g/mol. The van der Waals surface area contributed by atoms with Gasteiger partial charge in [0.1, 0.15) is 11.3 Å². The number of carbonyl (C=O) groups is 1. The van der Waals surface area contributed by atoms with Gasteiger partial charge in [0.15, 0.2) is 0 Å². The first-order valence-corrected chi connectivity index (χ1v) is 5.09. The van der Waals surface area contributed by atoms with Crippen molar-refractivity contribution < 1.29 is 14.3 Å². The van der Waals surface area contributed by atoms with Crippen molar-refractivity contribution in [3.8, 4) is 5.75 Å². The first kappa shape index (κ1) is 10.5. The van der Waals surface area contributed by atoms with Crippen LogP contribution in [-0.4, -0.2) is 24.4 Å². The van der Waals surface area contributed by atoms with Crippen molar-refractivity contribution in [3.05, 3.63) is 30.5 Å². The van der Waals surface area contributed by atoms with Gasteiger partial charge in [0, 0.05) is 11.6 Å². The fraction of sp³-hybridized carbons (Fsp3) is 0.250. The van der Waals surface area contributed by atoms with Crippen molar-refractivity contribution in [2.45, 2.75) is 6.92 Å². The van der Waals surface area contributed by atoms with Crippen LogP contribution in [0, 0.1) is 0 Å². The van der Waals surface area contributed by atoms with Gasteiger partial charge in [0.25, 0.3) is 0 Å². The molecule has 1 heterocycles. The summed E-state index contributed by atoms with van der Waals surface area (Å²) in [4.78, 5) is 11.7. The van der Waals surface area contributed by atoms with Crippen LogP contribution in [0.4, 0.5) is 4.79 Å². The van der Waals surface area contributed by atoms with Crippen LogP contribution < -0.4 is 4.74 Å². The zero-order chi connectivity index (χ0) is 11.5. The van der Waals surface area contributed by atoms with E-state index in [0.717, 1.165) is 10.9 Å². The Bertz CT molecular complexity index is 516. The number of rotatable bonds is 2. The van der Waals surface area contributed by atoms with Crippen LogP contribution >= 0.6 is 0 Å². The Hall–Kier alpha value is -1.97. The Morgan fingerprint density at radius 2 is 2.19 bits per heavy atom. The molecule has 0 saturated carbocycles. The number of nitrogens with zero attached hydrogens (tertiary/aromatic N) is 1. The molecule has 0 saturated heterocycles. The SMILES string of the molecule is CCOC(=O)n1ccc2cccc(OC)c21. The van der Waals surface area contributed by atoms with Crippen LogP contribution in [-0.2, 0) is 4.74 Å². The molecule has 0 aliphatic heterocycles. The molecule has 2 rings (SSSR count). The molecule has 2 aromatic rings. The van der Waals surface area contributed by atoms with Crippen LogP contribution in [0.2, 0.25) is 0 Å². The summed E-state index contributed by atoms with van der Waals surface area (Å²) in [6.45, 7) is 2.13. The second-order valence-corrected chi connectivity index (χ2v) is 3.28. The highest BCUT2D eigenvalue weighted by Gasteiger charge is 2.12. The molecule has 4 heteroatoms. The Balaban J connectivity index is 2.58. The predicted molar refractivity (Wildman–Crippen MR) is 60.9 cm³/mol. The Labute approximate surface area is 93.4 Å². The topological polar surface area (TPSA) is 40.5 Å². The normalized spacial score (nSPS) is 10.4. The minimum atomic E-state index is -0.387. The van der Waals surface area contributed by atoms with Gasteiger partial charge in [0.2, 0.25) is 0 Å². The van der Waals surface area contributed by atoms with E-state index in [-0.39, 0.29) is 6.09 Å². The van der Waals surface area contributed by atoms with Gasteiger partial charge in [-0.1, -0.05) is 12.1 Å². The Kier molecular flexibility index (Phi) is 2.81. The highest BCUT2D eigenvalue weighted by Crippen LogP contribution is 2.26. The molecule has 84 valence electrons. The fourth-order valence-electron chi connectivity index (χ4n) is 1.67. The lowest BCUT2D eigenvalue weighted by Crippen LogP contribution is -2.12. The Morgan fingerprint density at radius 1 is 1.38 bits per heavy atom. The highest BCUT2D eigenvalue weighted by molar-refractivity contribution is 5.93. The fourth-order valence-corrected chi connectivity index (χ4v) is 1.67. The smallest absolute Gasteiger partial charge is 0.418 e. The number of carbonyl (C=O) groups excluding carboxylic acids is 1. The number of para-hydroxylation sites is 1. The van der Waals surface area contributed by atoms with Crippen molar-refractivity contribution in [3.63, 3.8) is 0 Å². The third kappa shape index (κ3) is 1.62. The van der Waals surface area contributed by atoms with Crippen LogP contribution in [0.3, 0.4) is 0 Å². The van der Waals surface area contributed by atoms with E-state index in [4.69, 9.17) is 9.47 Å². The molecule has 4 nitrogen and oxygen atoms in total. The van der Waals surface area contributed by atoms with E-state index in [1.165, 1.54) is 4.57 Å². The van der Waals surface area contributed by atoms with E-state index in [0.29, 0.717) is 12.4 Å². The zero-order valence-electron chi connectivity index (χ0n) is 9.27. The molecule has 0 atom stereocenters. The largest absolute Gasteiger partial charge is 0.495 e. The number of benzene rings is 1. The van der Waals surface area contributed by atoms with Crippen LogP contribution in [0.25, 0.3) is 10.9 Å². The minimum Gasteiger partial charge on any atom is -0.495 e. The molecule has 1 aromatic heterocycles. The summed E-state index contributed by atoms with van der Waals surface area (Å²) in [7, 11) is 1.58. The highest BCUT2D eigenvalue weighted by atomic mass is 16.5. The average Bonchev–Trinajstić information content (AvgIpc) is 2.72. The van der Waals surface area contributed by atoms with Crippen molar-refractivity contribution in [1.82, 2.24) is 4.57 Å². The van der Waals surface area contributed by atoms with Crippen LogP contribution in [0.1, 0.15) is 6.92 Å². The third-order valence-electron chi connectivity index (χ3n) is 2.36. The van der Waals surface area contributed by atoms with E-state index in [1.54, 1.807) is 20.2 Å². The van der Waals surface area contributed by atoms with E-state index >= 15 is 0 Å². The van der Waals surface area contributed by atoms with Gasteiger partial charge in [-0.25, -0.2) is 9.36 Å². The van der Waals surface area contributed by atoms with Gasteiger partial charge in [-0.3, -0.25) is 0 Å². The van der Waals surface area contributed by atoms with Gasteiger partial charge in [0.05, 0.1) is 13.7 Å². The van der Waals surface area contributed by atoms with E-state index in [9.17, 15) is 4.79 Å². The van der Waals surface area contributed by atoms with Gasteiger partial charge < -0.3 is 9.47 Å². The second-order valence-electron chi connectivity index (χ2n) is 3.28. The summed E-state index contributed by atoms with van der Waals surface area (Å²) in [5, 5.41) is 0.951. The van der Waals surface area contributed by atoms with Gasteiger partial charge >= 0.3 is 6.09 Å². The van der Waals surface area contributed by atoms with Crippen molar-refractivity contribution in [1.29, 1.82) is 0 Å². The number of hydrogen-bond acceptors (Lipinski definition) is 3.